The van der Waals surface area contributed by atoms with Gasteiger partial charge in [-0.15, -0.1) is 0 Å². The Kier molecular flexibility index (Phi) is 5.82. The average molecular weight is 469 g/mol. The van der Waals surface area contributed by atoms with Crippen LogP contribution in [0.5, 0.6) is 0 Å². The summed E-state index contributed by atoms with van der Waals surface area (Å²) in [4.78, 5) is 0. The first-order chi connectivity index (χ1) is 17.2. The molecule has 36 heavy (non-hydrogen) atoms. The molecule has 4 aromatic rings. The molecule has 0 bridgehead atoms. The molecule has 0 saturated heterocycles. The van der Waals surface area contributed by atoms with Crippen LogP contribution in [0.2, 0.25) is 0 Å². The van der Waals surface area contributed by atoms with Gasteiger partial charge in [0.1, 0.15) is 0 Å². The third-order valence-corrected chi connectivity index (χ3v) is 6.69. The van der Waals surface area contributed by atoms with Gasteiger partial charge in [0, 0.05) is 33.4 Å². The molecule has 0 aromatic heterocycles. The average Bonchev–Trinajstić information content (AvgIpc) is 2.90. The molecule has 5 rings (SSSR count). The molecule has 4 aromatic carbocycles. The molecule has 0 saturated carbocycles. The lowest BCUT2D eigenvalue weighted by atomic mass is 9.66. The first kappa shape index (κ1) is 23.7. The third-order valence-electron chi connectivity index (χ3n) is 6.69. The van der Waals surface area contributed by atoms with Crippen molar-refractivity contribution in [3.63, 3.8) is 0 Å². The Morgan fingerprint density at radius 3 is 1.42 bits per heavy atom. The number of hydrogen-bond acceptors (Lipinski definition) is 2. The molecule has 2 atom stereocenters. The van der Waals surface area contributed by atoms with E-state index in [4.69, 9.17) is 0 Å². The molecule has 0 spiro atoms. The van der Waals surface area contributed by atoms with Crippen LogP contribution in [0.1, 0.15) is 59.7 Å². The first-order valence-electron chi connectivity index (χ1n) is 12.1. The molecule has 0 aliphatic heterocycles. The minimum atomic E-state index is -1.62. The van der Waals surface area contributed by atoms with Crippen molar-refractivity contribution in [2.75, 3.05) is 0 Å². The molecule has 2 unspecified atom stereocenters. The second-order valence-corrected chi connectivity index (χ2v) is 10.2. The molecule has 2 N–H and O–H groups in total. The van der Waals surface area contributed by atoms with Crippen molar-refractivity contribution in [1.29, 1.82) is 0 Å². The molecule has 0 heterocycles. The Morgan fingerprint density at radius 1 is 0.528 bits per heavy atom. The molecule has 1 aliphatic carbocycles. The lowest BCUT2D eigenvalue weighted by molar-refractivity contribution is 0.0942. The van der Waals surface area contributed by atoms with Gasteiger partial charge in [-0.2, -0.15) is 0 Å². The Bertz CT molecular complexity index is 1540. The first-order valence-corrected chi connectivity index (χ1v) is 12.1. The normalized spacial score (nSPS) is 20.1. The van der Waals surface area contributed by atoms with Crippen LogP contribution in [-0.2, 0) is 16.6 Å². The predicted octanol–water partition coefficient (Wildman–Crippen LogP) is 5.87. The number of aliphatic hydroxyl groups is 2. The second kappa shape index (κ2) is 8.85. The molecule has 0 fully saturated rings. The summed E-state index contributed by atoms with van der Waals surface area (Å²) in [5.74, 6) is 12.6. The number of hydrogen-bond donors (Lipinski definition) is 2. The van der Waals surface area contributed by atoms with Crippen LogP contribution < -0.4 is 0 Å². The van der Waals surface area contributed by atoms with Crippen LogP contribution in [0.3, 0.4) is 0 Å². The van der Waals surface area contributed by atoms with E-state index in [1.165, 1.54) is 0 Å². The summed E-state index contributed by atoms with van der Waals surface area (Å²) < 4.78 is 0. The van der Waals surface area contributed by atoms with Crippen LogP contribution in [0.25, 0.3) is 0 Å². The molecule has 1 aliphatic rings. The van der Waals surface area contributed by atoms with Gasteiger partial charge in [-0.05, 0) is 35.2 Å². The fourth-order valence-corrected chi connectivity index (χ4v) is 4.67. The van der Waals surface area contributed by atoms with Gasteiger partial charge in [0.2, 0.25) is 0 Å². The minimum Gasteiger partial charge on any atom is -0.369 e. The van der Waals surface area contributed by atoms with E-state index in [0.29, 0.717) is 22.3 Å². The summed E-state index contributed by atoms with van der Waals surface area (Å²) in [6, 6.07) is 32.5. The fraction of sp³-hybridized carbons (Fsp3) is 0.176. The zero-order chi connectivity index (χ0) is 25.4. The van der Waals surface area contributed by atoms with E-state index in [0.717, 1.165) is 16.7 Å². The highest BCUT2D eigenvalue weighted by Crippen LogP contribution is 2.48. The Labute approximate surface area is 213 Å². The zero-order valence-corrected chi connectivity index (χ0v) is 20.7. The molecular formula is C34H28O2. The number of rotatable bonds is 0. The summed E-state index contributed by atoms with van der Waals surface area (Å²) in [5, 5.41) is 24.5. The Hall–Kier alpha value is -4.08. The standard InChI is InChI=1S/C34H28O2/c1-32(2,3)27-18-19-30-31(24-27)34(36,23-21-26-14-8-5-9-15-26)29-17-11-10-16-28(29)33(30,35)22-20-25-12-6-4-7-13-25/h4-19,24,35-36H,1-3H3. The van der Waals surface area contributed by atoms with Crippen LogP contribution in [0.4, 0.5) is 0 Å². The van der Waals surface area contributed by atoms with Crippen LogP contribution in [0.15, 0.2) is 103 Å². The van der Waals surface area contributed by atoms with Gasteiger partial charge < -0.3 is 10.2 Å². The van der Waals surface area contributed by atoms with Crippen molar-refractivity contribution in [3.05, 3.63) is 142 Å². The van der Waals surface area contributed by atoms with Crippen molar-refractivity contribution < 1.29 is 10.2 Å². The van der Waals surface area contributed by atoms with Gasteiger partial charge in [0.05, 0.1) is 0 Å². The van der Waals surface area contributed by atoms with Gasteiger partial charge in [-0.3, -0.25) is 0 Å². The Balaban J connectivity index is 1.80. The van der Waals surface area contributed by atoms with E-state index >= 15 is 0 Å². The van der Waals surface area contributed by atoms with Gasteiger partial charge in [-0.1, -0.05) is 123 Å². The zero-order valence-electron chi connectivity index (χ0n) is 20.7. The van der Waals surface area contributed by atoms with Crippen molar-refractivity contribution in [1.82, 2.24) is 0 Å². The number of benzene rings is 4. The topological polar surface area (TPSA) is 40.5 Å². The SMILES string of the molecule is CC(C)(C)c1ccc2c(c1)C(O)(C#Cc1ccccc1)c1ccccc1C2(O)C#Cc1ccccc1. The molecule has 176 valence electrons. The predicted molar refractivity (Wildman–Crippen MR) is 144 cm³/mol. The highest BCUT2D eigenvalue weighted by molar-refractivity contribution is 5.65. The quantitative estimate of drug-likeness (QED) is 0.317. The molecule has 0 radical (unpaired) electrons. The van der Waals surface area contributed by atoms with E-state index in [1.54, 1.807) is 0 Å². The maximum absolute atomic E-state index is 12.3. The van der Waals surface area contributed by atoms with Crippen molar-refractivity contribution in [3.8, 4) is 23.7 Å². The fourth-order valence-electron chi connectivity index (χ4n) is 4.67. The molecule has 2 nitrogen and oxygen atoms in total. The van der Waals surface area contributed by atoms with E-state index in [2.05, 4.69) is 44.5 Å². The molecule has 2 heteroatoms. The largest absolute Gasteiger partial charge is 0.369 e. The molecular weight excluding hydrogens is 440 g/mol. The van der Waals surface area contributed by atoms with Crippen LogP contribution in [0, 0.1) is 23.7 Å². The van der Waals surface area contributed by atoms with Crippen molar-refractivity contribution in [2.45, 2.75) is 37.4 Å². The third kappa shape index (κ3) is 4.12. The van der Waals surface area contributed by atoms with Crippen LogP contribution in [-0.4, -0.2) is 10.2 Å². The lowest BCUT2D eigenvalue weighted by Crippen LogP contribution is -2.42. The van der Waals surface area contributed by atoms with E-state index in [1.807, 2.05) is 103 Å². The highest BCUT2D eigenvalue weighted by atomic mass is 16.3. The van der Waals surface area contributed by atoms with Gasteiger partial charge in [0.15, 0.2) is 11.2 Å². The second-order valence-electron chi connectivity index (χ2n) is 10.2. The van der Waals surface area contributed by atoms with E-state index in [9.17, 15) is 10.2 Å². The van der Waals surface area contributed by atoms with E-state index in [-0.39, 0.29) is 5.41 Å². The maximum atomic E-state index is 12.3. The smallest absolute Gasteiger partial charge is 0.178 e. The highest BCUT2D eigenvalue weighted by Gasteiger charge is 2.48. The summed E-state index contributed by atoms with van der Waals surface area (Å²) in [6.45, 7) is 6.38. The molecule has 0 amide bonds. The number of fused-ring (bicyclic) bond motifs is 2. The van der Waals surface area contributed by atoms with Gasteiger partial charge >= 0.3 is 0 Å². The summed E-state index contributed by atoms with van der Waals surface area (Å²) in [7, 11) is 0. The van der Waals surface area contributed by atoms with Crippen molar-refractivity contribution in [2.24, 2.45) is 0 Å². The van der Waals surface area contributed by atoms with Gasteiger partial charge in [0.25, 0.3) is 0 Å². The summed E-state index contributed by atoms with van der Waals surface area (Å²) in [6.07, 6.45) is 0. The minimum absolute atomic E-state index is 0.159. The summed E-state index contributed by atoms with van der Waals surface area (Å²) in [5.41, 5.74) is 1.44. The van der Waals surface area contributed by atoms with E-state index < -0.39 is 11.2 Å². The van der Waals surface area contributed by atoms with Crippen molar-refractivity contribution >= 4 is 0 Å². The lowest BCUT2D eigenvalue weighted by Gasteiger charge is -2.40. The summed E-state index contributed by atoms with van der Waals surface area (Å²) >= 11 is 0. The monoisotopic (exact) mass is 468 g/mol. The van der Waals surface area contributed by atoms with Crippen LogP contribution >= 0.6 is 0 Å². The van der Waals surface area contributed by atoms with Gasteiger partial charge in [-0.25, -0.2) is 0 Å². The maximum Gasteiger partial charge on any atom is 0.178 e. The Morgan fingerprint density at radius 2 is 0.944 bits per heavy atom.